The Labute approximate surface area is 207 Å². The zero-order chi connectivity index (χ0) is 24.5. The number of benzene rings is 2. The second-order valence-corrected chi connectivity index (χ2v) is 9.85. The maximum absolute atomic E-state index is 13.2. The first-order valence-electron chi connectivity index (χ1n) is 11.7. The van der Waals surface area contributed by atoms with Crippen molar-refractivity contribution in [2.45, 2.75) is 38.6 Å². The molecule has 8 heteroatoms. The minimum absolute atomic E-state index is 0.219. The normalized spacial score (nSPS) is 15.1. The third kappa shape index (κ3) is 4.25. The number of thiophene rings is 1. The lowest BCUT2D eigenvalue weighted by Gasteiger charge is -2.21. The molecule has 2 N–H and O–H groups in total. The van der Waals surface area contributed by atoms with Crippen molar-refractivity contribution in [3.05, 3.63) is 87.3 Å². The van der Waals surface area contributed by atoms with Crippen LogP contribution in [-0.4, -0.2) is 41.1 Å². The summed E-state index contributed by atoms with van der Waals surface area (Å²) in [5.74, 6) is -1.69. The molecule has 2 aromatic carbocycles. The largest absolute Gasteiger partial charge is 0.352 e. The lowest BCUT2D eigenvalue weighted by molar-refractivity contribution is -0.119. The topological polar surface area (TPSA) is 95.6 Å². The Morgan fingerprint density at radius 2 is 1.63 bits per heavy atom. The molecule has 0 saturated carbocycles. The number of aryl methyl sites for hydroxylation is 1. The fraction of sp³-hybridized carbons (Fsp3) is 0.259. The van der Waals surface area contributed by atoms with E-state index in [9.17, 15) is 19.2 Å². The third-order valence-electron chi connectivity index (χ3n) is 6.52. The molecule has 7 nitrogen and oxygen atoms in total. The Kier molecular flexibility index (Phi) is 6.21. The van der Waals surface area contributed by atoms with E-state index in [1.54, 1.807) is 24.3 Å². The van der Waals surface area contributed by atoms with Gasteiger partial charge in [-0.1, -0.05) is 42.5 Å². The molecular weight excluding hydrogens is 462 g/mol. The molecule has 0 spiro atoms. The van der Waals surface area contributed by atoms with Gasteiger partial charge in [0, 0.05) is 11.4 Å². The highest BCUT2D eigenvalue weighted by atomic mass is 32.1. The van der Waals surface area contributed by atoms with Crippen LogP contribution < -0.4 is 10.6 Å². The molecule has 1 aliphatic carbocycles. The molecule has 1 unspecified atom stereocenters. The van der Waals surface area contributed by atoms with E-state index < -0.39 is 23.8 Å². The van der Waals surface area contributed by atoms with E-state index in [0.29, 0.717) is 34.7 Å². The summed E-state index contributed by atoms with van der Waals surface area (Å²) in [4.78, 5) is 54.0. The van der Waals surface area contributed by atoms with Crippen LogP contribution >= 0.6 is 11.3 Å². The van der Waals surface area contributed by atoms with Gasteiger partial charge in [0.2, 0.25) is 5.91 Å². The molecule has 5 rings (SSSR count). The number of carbonyl (C=O) groups excluding carboxylic acids is 4. The lowest BCUT2D eigenvalue weighted by atomic mass is 10.1. The van der Waals surface area contributed by atoms with Crippen LogP contribution in [0.4, 0.5) is 5.00 Å². The summed E-state index contributed by atoms with van der Waals surface area (Å²) in [6, 6.07) is 15.4. The Morgan fingerprint density at radius 1 is 0.971 bits per heavy atom. The summed E-state index contributed by atoms with van der Waals surface area (Å²) in [6.07, 6.45) is 3.34. The molecule has 35 heavy (non-hydrogen) atoms. The van der Waals surface area contributed by atoms with Crippen molar-refractivity contribution < 1.29 is 19.2 Å². The Morgan fingerprint density at radius 3 is 2.31 bits per heavy atom. The molecule has 0 fully saturated rings. The summed E-state index contributed by atoms with van der Waals surface area (Å²) in [7, 11) is 0. The van der Waals surface area contributed by atoms with E-state index in [1.807, 2.05) is 30.3 Å². The molecule has 0 bridgehead atoms. The highest BCUT2D eigenvalue weighted by Crippen LogP contribution is 2.39. The van der Waals surface area contributed by atoms with Crippen LogP contribution in [0, 0.1) is 0 Å². The van der Waals surface area contributed by atoms with E-state index in [2.05, 4.69) is 10.6 Å². The zero-order valence-corrected chi connectivity index (χ0v) is 20.1. The van der Waals surface area contributed by atoms with E-state index in [0.717, 1.165) is 40.2 Å². The SMILES string of the molecule is CC(C(=O)Nc1sc2c(c1C(=O)NCCc1ccccc1)CCC2)N1C(=O)c2ccccc2C1=O. The number of hydrogen-bond acceptors (Lipinski definition) is 5. The maximum Gasteiger partial charge on any atom is 0.262 e. The van der Waals surface area contributed by atoms with Crippen LogP contribution in [0.5, 0.6) is 0 Å². The molecule has 0 saturated heterocycles. The van der Waals surface area contributed by atoms with Gasteiger partial charge in [0.25, 0.3) is 17.7 Å². The van der Waals surface area contributed by atoms with Gasteiger partial charge in [-0.3, -0.25) is 24.1 Å². The summed E-state index contributed by atoms with van der Waals surface area (Å²) >= 11 is 1.40. The molecular formula is C27H25N3O4S. The van der Waals surface area contributed by atoms with Crippen molar-refractivity contribution in [3.8, 4) is 0 Å². The van der Waals surface area contributed by atoms with Crippen molar-refractivity contribution >= 4 is 40.0 Å². The maximum atomic E-state index is 13.2. The number of imide groups is 1. The van der Waals surface area contributed by atoms with E-state index in [4.69, 9.17) is 0 Å². The first kappa shape index (κ1) is 23.0. The van der Waals surface area contributed by atoms with Gasteiger partial charge < -0.3 is 10.6 Å². The minimum atomic E-state index is -1.02. The van der Waals surface area contributed by atoms with Crippen LogP contribution in [0.2, 0.25) is 0 Å². The number of nitrogens with zero attached hydrogens (tertiary/aromatic N) is 1. The van der Waals surface area contributed by atoms with Gasteiger partial charge in [0.1, 0.15) is 11.0 Å². The summed E-state index contributed by atoms with van der Waals surface area (Å²) in [5.41, 5.74) is 3.21. The molecule has 4 amide bonds. The average Bonchev–Trinajstić information content (AvgIpc) is 3.51. The van der Waals surface area contributed by atoms with Gasteiger partial charge in [-0.2, -0.15) is 0 Å². The van der Waals surface area contributed by atoms with Crippen molar-refractivity contribution in [2.24, 2.45) is 0 Å². The summed E-state index contributed by atoms with van der Waals surface area (Å²) in [6.45, 7) is 2.00. The first-order chi connectivity index (χ1) is 17.0. The summed E-state index contributed by atoms with van der Waals surface area (Å²) < 4.78 is 0. The highest BCUT2D eigenvalue weighted by Gasteiger charge is 2.41. The number of anilines is 1. The molecule has 0 radical (unpaired) electrons. The number of rotatable bonds is 7. The molecule has 2 aliphatic rings. The second-order valence-electron chi connectivity index (χ2n) is 8.74. The van der Waals surface area contributed by atoms with Gasteiger partial charge in [-0.15, -0.1) is 11.3 Å². The number of fused-ring (bicyclic) bond motifs is 2. The Hall–Kier alpha value is -3.78. The quantitative estimate of drug-likeness (QED) is 0.495. The second kappa shape index (κ2) is 9.46. The molecule has 3 aromatic rings. The molecule has 178 valence electrons. The number of nitrogens with one attached hydrogen (secondary N) is 2. The Bertz CT molecular complexity index is 1300. The van der Waals surface area contributed by atoms with Crippen LogP contribution in [-0.2, 0) is 24.1 Å². The van der Waals surface area contributed by atoms with E-state index in [-0.39, 0.29) is 5.91 Å². The number of amides is 4. The van der Waals surface area contributed by atoms with Crippen molar-refractivity contribution in [1.82, 2.24) is 10.2 Å². The minimum Gasteiger partial charge on any atom is -0.352 e. The standard InChI is InChI=1S/C27H25N3O4S/c1-16(30-26(33)18-10-5-6-11-19(18)27(30)34)23(31)29-25-22(20-12-7-13-21(20)35-25)24(32)28-15-14-17-8-3-2-4-9-17/h2-6,8-11,16H,7,12-15H2,1H3,(H,28,32)(H,29,31). The molecule has 1 aromatic heterocycles. The molecule has 1 atom stereocenters. The number of hydrogen-bond donors (Lipinski definition) is 2. The van der Waals surface area contributed by atoms with Crippen LogP contribution in [0.1, 0.15) is 60.4 Å². The van der Waals surface area contributed by atoms with Gasteiger partial charge in [-0.25, -0.2) is 0 Å². The third-order valence-corrected chi connectivity index (χ3v) is 7.73. The fourth-order valence-corrected chi connectivity index (χ4v) is 5.97. The summed E-state index contributed by atoms with van der Waals surface area (Å²) in [5, 5.41) is 6.30. The van der Waals surface area contributed by atoms with Gasteiger partial charge in [0.05, 0.1) is 16.7 Å². The van der Waals surface area contributed by atoms with Crippen molar-refractivity contribution in [1.29, 1.82) is 0 Å². The monoisotopic (exact) mass is 487 g/mol. The van der Waals surface area contributed by atoms with Crippen molar-refractivity contribution in [3.63, 3.8) is 0 Å². The number of carbonyl (C=O) groups is 4. The van der Waals surface area contributed by atoms with Crippen LogP contribution in [0.15, 0.2) is 54.6 Å². The predicted octanol–water partition coefficient (Wildman–Crippen LogP) is 3.83. The molecule has 1 aliphatic heterocycles. The smallest absolute Gasteiger partial charge is 0.262 e. The van der Waals surface area contributed by atoms with Gasteiger partial charge in [0.15, 0.2) is 0 Å². The van der Waals surface area contributed by atoms with Crippen molar-refractivity contribution in [2.75, 3.05) is 11.9 Å². The lowest BCUT2D eigenvalue weighted by Crippen LogP contribution is -2.45. The first-order valence-corrected chi connectivity index (χ1v) is 12.5. The molecule has 2 heterocycles. The van der Waals surface area contributed by atoms with Gasteiger partial charge in [-0.05, 0) is 55.9 Å². The highest BCUT2D eigenvalue weighted by molar-refractivity contribution is 7.17. The zero-order valence-electron chi connectivity index (χ0n) is 19.3. The van der Waals surface area contributed by atoms with E-state index >= 15 is 0 Å². The van der Waals surface area contributed by atoms with E-state index in [1.165, 1.54) is 18.3 Å². The average molecular weight is 488 g/mol. The van der Waals surface area contributed by atoms with Crippen LogP contribution in [0.3, 0.4) is 0 Å². The Balaban J connectivity index is 1.31. The van der Waals surface area contributed by atoms with Gasteiger partial charge >= 0.3 is 0 Å². The fourth-order valence-electron chi connectivity index (χ4n) is 4.68. The van der Waals surface area contributed by atoms with Crippen LogP contribution in [0.25, 0.3) is 0 Å². The predicted molar refractivity (Wildman–Crippen MR) is 134 cm³/mol.